The van der Waals surface area contributed by atoms with Crippen molar-refractivity contribution < 1.29 is 4.57 Å². The van der Waals surface area contributed by atoms with E-state index in [0.29, 0.717) is 11.8 Å². The molecule has 0 aliphatic rings. The summed E-state index contributed by atoms with van der Waals surface area (Å²) in [5.74, 6) is 2.07. The molecule has 1 heterocycles. The largest absolute Gasteiger partial charge is 0.267 e. The van der Waals surface area contributed by atoms with Crippen molar-refractivity contribution in [2.24, 2.45) is 7.05 Å². The summed E-state index contributed by atoms with van der Waals surface area (Å²) < 4.78 is 4.98. The number of hydrogen-bond donors (Lipinski definition) is 0. The number of para-hydroxylation sites is 2. The van der Waals surface area contributed by atoms with E-state index in [1.165, 1.54) is 55.9 Å². The van der Waals surface area contributed by atoms with Gasteiger partial charge in [0.2, 0.25) is 0 Å². The molecule has 1 aromatic heterocycles. The van der Waals surface area contributed by atoms with Gasteiger partial charge in [-0.25, -0.2) is 4.57 Å². The average Bonchev–Trinajstić information content (AvgIpc) is 3.27. The Balaban J connectivity index is 1.70. The van der Waals surface area contributed by atoms with Crippen molar-refractivity contribution in [3.63, 3.8) is 0 Å². The van der Waals surface area contributed by atoms with E-state index in [1.54, 1.807) is 10.4 Å². The van der Waals surface area contributed by atoms with Crippen LogP contribution in [0.25, 0.3) is 39.0 Å². The van der Waals surface area contributed by atoms with Crippen LogP contribution in [0.4, 0.5) is 0 Å². The first-order chi connectivity index (χ1) is 21.3. The van der Waals surface area contributed by atoms with Gasteiger partial charge in [-0.1, -0.05) is 132 Å². The van der Waals surface area contributed by atoms with Crippen LogP contribution >= 0.6 is 0 Å². The van der Waals surface area contributed by atoms with Crippen molar-refractivity contribution in [2.45, 2.75) is 105 Å². The Labute approximate surface area is 281 Å². The number of nitrogens with zero attached hydrogens (tertiary/aromatic N) is 2. The molecule has 0 aliphatic heterocycles. The molecular weight excluding hydrogens is 589 g/mol. The first kappa shape index (κ1) is 34.1. The van der Waals surface area contributed by atoms with Crippen LogP contribution < -0.4 is 14.9 Å². The zero-order valence-corrected chi connectivity index (χ0v) is 33.1. The second kappa shape index (κ2) is 12.1. The molecule has 0 bridgehead atoms. The number of imidazole rings is 1. The molecule has 0 saturated heterocycles. The van der Waals surface area contributed by atoms with E-state index in [2.05, 4.69) is 183 Å². The minimum atomic E-state index is -1.45. The predicted molar refractivity (Wildman–Crippen MR) is 208 cm³/mol. The Morgan fingerprint density at radius 1 is 0.587 bits per heavy atom. The Kier molecular flexibility index (Phi) is 8.98. The Bertz CT molecular complexity index is 1830. The average molecular weight is 646 g/mol. The lowest BCUT2D eigenvalue weighted by Crippen LogP contribution is -2.45. The molecule has 0 saturated carbocycles. The molecule has 0 N–H and O–H groups in total. The molecule has 0 atom stereocenters. The lowest BCUT2D eigenvalue weighted by atomic mass is 9.87. The topological polar surface area (TPSA) is 8.81 Å². The molecule has 0 amide bonds. The van der Waals surface area contributed by atoms with Crippen LogP contribution in [0.3, 0.4) is 0 Å². The van der Waals surface area contributed by atoms with Crippen molar-refractivity contribution in [1.29, 1.82) is 0 Å². The molecule has 5 rings (SSSR count). The van der Waals surface area contributed by atoms with E-state index in [1.807, 2.05) is 0 Å². The van der Waals surface area contributed by atoms with Crippen molar-refractivity contribution in [1.82, 2.24) is 4.57 Å². The van der Waals surface area contributed by atoms with Crippen molar-refractivity contribution in [3.8, 4) is 27.9 Å². The Hall–Kier alpha value is -3.22. The maximum atomic E-state index is 2.58. The van der Waals surface area contributed by atoms with Crippen LogP contribution in [0, 0.1) is 0 Å². The van der Waals surface area contributed by atoms with Crippen molar-refractivity contribution in [2.75, 3.05) is 0 Å². The van der Waals surface area contributed by atoms with Gasteiger partial charge in [0.15, 0.2) is 11.0 Å². The Morgan fingerprint density at radius 3 is 1.43 bits per heavy atom. The SMILES string of the molecule is CC(C)c1cc(-c2ccc(-c3cc([Si](C)(C)C)cc([Si](C)(C)C)c3)cc2)cc(C(C)C)c1-n1c(C(C)(C)C)[n+](C)c2ccccc21. The van der Waals surface area contributed by atoms with E-state index < -0.39 is 16.1 Å². The van der Waals surface area contributed by atoms with Crippen LogP contribution in [0.15, 0.2) is 78.9 Å². The Morgan fingerprint density at radius 2 is 1.02 bits per heavy atom. The zero-order chi connectivity index (χ0) is 33.9. The molecule has 0 unspecified atom stereocenters. The summed E-state index contributed by atoms with van der Waals surface area (Å²) in [6.07, 6.45) is 0. The fourth-order valence-electron chi connectivity index (χ4n) is 6.88. The smallest absolute Gasteiger partial charge is 0.229 e. The van der Waals surface area contributed by atoms with Crippen molar-refractivity contribution >= 4 is 37.6 Å². The fraction of sp³-hybridized carbons (Fsp3) is 0.405. The maximum Gasteiger partial charge on any atom is 0.267 e. The minimum absolute atomic E-state index is 0.0348. The lowest BCUT2D eigenvalue weighted by Gasteiger charge is -2.24. The molecule has 46 heavy (non-hydrogen) atoms. The van der Waals surface area contributed by atoms with Crippen molar-refractivity contribution in [3.05, 3.63) is 95.8 Å². The summed E-state index contributed by atoms with van der Waals surface area (Å²) >= 11 is 0. The maximum absolute atomic E-state index is 2.58. The van der Waals surface area contributed by atoms with Gasteiger partial charge in [0.25, 0.3) is 5.82 Å². The first-order valence-electron chi connectivity index (χ1n) is 17.2. The molecule has 0 radical (unpaired) electrons. The highest BCUT2D eigenvalue weighted by atomic mass is 28.3. The number of rotatable bonds is 7. The summed E-state index contributed by atoms with van der Waals surface area (Å²) in [5, 5.41) is 3.12. The van der Waals surface area contributed by atoms with Gasteiger partial charge < -0.3 is 0 Å². The van der Waals surface area contributed by atoms with E-state index in [-0.39, 0.29) is 5.41 Å². The van der Waals surface area contributed by atoms with Gasteiger partial charge in [0, 0.05) is 11.1 Å². The quantitative estimate of drug-likeness (QED) is 0.123. The molecule has 0 aliphatic carbocycles. The van der Waals surface area contributed by atoms with Gasteiger partial charge in [0.05, 0.1) is 28.6 Å². The number of fused-ring (bicyclic) bond motifs is 1. The third kappa shape index (κ3) is 6.48. The number of aromatic nitrogens is 2. The molecule has 0 spiro atoms. The van der Waals surface area contributed by atoms with E-state index in [4.69, 9.17) is 0 Å². The lowest BCUT2D eigenvalue weighted by molar-refractivity contribution is -0.657. The van der Waals surface area contributed by atoms with E-state index >= 15 is 0 Å². The summed E-state index contributed by atoms with van der Waals surface area (Å²) in [6.45, 7) is 31.2. The monoisotopic (exact) mass is 645 g/mol. The number of aryl methyl sites for hydroxylation is 1. The van der Waals surface area contributed by atoms with Crippen LogP contribution in [0.5, 0.6) is 0 Å². The van der Waals surface area contributed by atoms with Gasteiger partial charge >= 0.3 is 0 Å². The summed E-state index contributed by atoms with van der Waals surface area (Å²) in [4.78, 5) is 0. The second-order valence-corrected chi connectivity index (χ2v) is 27.3. The summed E-state index contributed by atoms with van der Waals surface area (Å²) in [6, 6.07) is 30.7. The first-order valence-corrected chi connectivity index (χ1v) is 24.2. The van der Waals surface area contributed by atoms with E-state index in [9.17, 15) is 0 Å². The van der Waals surface area contributed by atoms with Gasteiger partial charge in [0.1, 0.15) is 5.69 Å². The standard InChI is InChI=1S/C42H57N2Si2/c1-28(2)36-25-33(31-21-19-30(20-22-31)32-23-34(45(9,10)11)27-35(24-32)46(12,13)14)26-37(29(3)4)40(36)44-39-18-16-15-17-38(39)43(8)41(44)42(5,6)7/h15-29H,1-14H3/q+1. The predicted octanol–water partition coefficient (Wildman–Crippen LogP) is 10.4. The molecule has 5 aromatic rings. The van der Waals surface area contributed by atoms with Gasteiger partial charge in [-0.15, -0.1) is 0 Å². The van der Waals surface area contributed by atoms with Crippen LogP contribution in [0.1, 0.15) is 77.3 Å². The van der Waals surface area contributed by atoms with Crippen LogP contribution in [-0.2, 0) is 12.5 Å². The highest BCUT2D eigenvalue weighted by Crippen LogP contribution is 2.40. The molecule has 0 fully saturated rings. The number of benzene rings is 4. The normalized spacial score (nSPS) is 13.0. The van der Waals surface area contributed by atoms with E-state index in [0.717, 1.165) is 0 Å². The third-order valence-corrected chi connectivity index (χ3v) is 13.6. The van der Waals surface area contributed by atoms with Gasteiger partial charge in [-0.3, -0.25) is 0 Å². The zero-order valence-electron chi connectivity index (χ0n) is 31.1. The fourth-order valence-corrected chi connectivity index (χ4v) is 9.38. The summed E-state index contributed by atoms with van der Waals surface area (Å²) in [5.41, 5.74) is 11.9. The highest BCUT2D eigenvalue weighted by molar-refractivity contribution is 6.91. The summed E-state index contributed by atoms with van der Waals surface area (Å²) in [7, 11) is -0.677. The van der Waals surface area contributed by atoms with Gasteiger partial charge in [-0.05, 0) is 79.1 Å². The highest BCUT2D eigenvalue weighted by Gasteiger charge is 2.36. The molecule has 2 nitrogen and oxygen atoms in total. The minimum Gasteiger partial charge on any atom is -0.229 e. The van der Waals surface area contributed by atoms with Gasteiger partial charge in [-0.2, -0.15) is 4.57 Å². The molecule has 242 valence electrons. The molecular formula is C42H57N2Si2+. The third-order valence-electron chi connectivity index (χ3n) is 9.54. The number of hydrogen-bond acceptors (Lipinski definition) is 0. The molecule has 4 aromatic carbocycles. The molecule has 4 heteroatoms. The van der Waals surface area contributed by atoms with Crippen LogP contribution in [0.2, 0.25) is 39.3 Å². The van der Waals surface area contributed by atoms with Crippen LogP contribution in [-0.4, -0.2) is 20.7 Å². The second-order valence-electron chi connectivity index (χ2n) is 17.1.